The van der Waals surface area contributed by atoms with Crippen LogP contribution in [0.15, 0.2) is 45.4 Å². The molecule has 8 nitrogen and oxygen atoms in total. The first-order valence-electron chi connectivity index (χ1n) is 10.2. The van der Waals surface area contributed by atoms with E-state index in [1.807, 2.05) is 0 Å². The van der Waals surface area contributed by atoms with Crippen LogP contribution in [0.4, 0.5) is 20.2 Å². The number of para-hydroxylation sites is 1. The molecule has 3 N–H and O–H groups in total. The number of phenolic OH excluding ortho intramolecular Hbond substituents is 1. The third-order valence-corrected chi connectivity index (χ3v) is 5.43. The molecule has 1 aromatic heterocycles. The van der Waals surface area contributed by atoms with Crippen molar-refractivity contribution in [3.63, 3.8) is 0 Å². The number of halogens is 2. The van der Waals surface area contributed by atoms with Crippen molar-refractivity contribution in [2.45, 2.75) is 32.7 Å². The van der Waals surface area contributed by atoms with E-state index in [0.29, 0.717) is 16.8 Å². The van der Waals surface area contributed by atoms with Crippen LogP contribution >= 0.6 is 0 Å². The number of carboxylic acids is 1. The molecule has 0 radical (unpaired) electrons. The van der Waals surface area contributed by atoms with Crippen molar-refractivity contribution in [1.29, 1.82) is 0 Å². The van der Waals surface area contributed by atoms with E-state index in [2.05, 4.69) is 15.3 Å². The highest BCUT2D eigenvalue weighted by atomic mass is 19.1. The zero-order valence-corrected chi connectivity index (χ0v) is 17.6. The lowest BCUT2D eigenvalue weighted by molar-refractivity contribution is -0.137. The number of allylic oxidation sites excluding steroid dienone is 1. The van der Waals surface area contributed by atoms with Gasteiger partial charge in [-0.05, 0) is 43.2 Å². The molecule has 1 heterocycles. The molecular weight excluding hydrogens is 434 g/mol. The predicted molar refractivity (Wildman–Crippen MR) is 117 cm³/mol. The summed E-state index contributed by atoms with van der Waals surface area (Å²) in [6.07, 6.45) is 1.81. The fourth-order valence-corrected chi connectivity index (χ4v) is 3.77. The van der Waals surface area contributed by atoms with E-state index in [1.165, 1.54) is 16.8 Å². The van der Waals surface area contributed by atoms with Crippen LogP contribution < -0.4 is 5.56 Å². The highest BCUT2D eigenvalue weighted by Crippen LogP contribution is 2.41. The van der Waals surface area contributed by atoms with Gasteiger partial charge in [-0.2, -0.15) is 0 Å². The van der Waals surface area contributed by atoms with Gasteiger partial charge in [-0.1, -0.05) is 12.1 Å². The van der Waals surface area contributed by atoms with E-state index in [9.17, 15) is 23.5 Å². The SMILES string of the molecule is Cc1[nH]n(CCCC(=O)O)c(=O)c1N=Nc1cccc(C2=Cc3c(F)ccc(F)c3C2)c1O. The van der Waals surface area contributed by atoms with Crippen LogP contribution in [-0.4, -0.2) is 26.0 Å². The van der Waals surface area contributed by atoms with Crippen LogP contribution in [0.3, 0.4) is 0 Å². The molecule has 1 aliphatic rings. The Hall–Kier alpha value is -4.08. The molecule has 3 aromatic rings. The van der Waals surface area contributed by atoms with Crippen LogP contribution in [0, 0.1) is 18.6 Å². The summed E-state index contributed by atoms with van der Waals surface area (Å²) in [5, 5.41) is 30.3. The Kier molecular flexibility index (Phi) is 5.91. The van der Waals surface area contributed by atoms with Gasteiger partial charge in [-0.25, -0.2) is 8.78 Å². The first-order valence-corrected chi connectivity index (χ1v) is 10.2. The molecule has 4 rings (SSSR count). The number of aromatic hydroxyl groups is 1. The second-order valence-corrected chi connectivity index (χ2v) is 7.68. The van der Waals surface area contributed by atoms with Crippen LogP contribution in [0.5, 0.6) is 5.75 Å². The van der Waals surface area contributed by atoms with Crippen molar-refractivity contribution >= 4 is 29.0 Å². The van der Waals surface area contributed by atoms with Crippen molar-refractivity contribution in [2.75, 3.05) is 0 Å². The minimum Gasteiger partial charge on any atom is -0.505 e. The van der Waals surface area contributed by atoms with Gasteiger partial charge in [-0.3, -0.25) is 19.4 Å². The van der Waals surface area contributed by atoms with Crippen LogP contribution in [0.2, 0.25) is 0 Å². The number of aromatic nitrogens is 2. The standard InChI is InChI=1S/C23H20F2N4O4/c1-12-21(23(33)29(28-12)9-3-6-20(30)31)27-26-19-5-2-4-14(22(19)32)13-10-15-16(11-13)18(25)8-7-17(15)24/h2,4-5,7-8,10,28,32H,3,6,9,11H2,1H3,(H,30,31). The van der Waals surface area contributed by atoms with Gasteiger partial charge >= 0.3 is 5.97 Å². The number of azo groups is 1. The summed E-state index contributed by atoms with van der Waals surface area (Å²) in [6.45, 7) is 1.81. The Morgan fingerprint density at radius 2 is 1.94 bits per heavy atom. The number of fused-ring (bicyclic) bond motifs is 1. The van der Waals surface area contributed by atoms with Gasteiger partial charge in [0.2, 0.25) is 0 Å². The summed E-state index contributed by atoms with van der Waals surface area (Å²) < 4.78 is 29.4. The lowest BCUT2D eigenvalue weighted by Crippen LogP contribution is -2.17. The molecule has 10 heteroatoms. The Morgan fingerprint density at radius 1 is 1.18 bits per heavy atom. The number of hydrogen-bond donors (Lipinski definition) is 3. The number of nitrogens with one attached hydrogen (secondary N) is 1. The first-order chi connectivity index (χ1) is 15.8. The summed E-state index contributed by atoms with van der Waals surface area (Å²) in [5.74, 6) is -2.24. The molecule has 0 amide bonds. The molecule has 0 unspecified atom stereocenters. The van der Waals surface area contributed by atoms with Gasteiger partial charge in [0, 0.05) is 36.1 Å². The molecule has 0 saturated carbocycles. The maximum atomic E-state index is 14.1. The number of aromatic amines is 1. The minimum absolute atomic E-state index is 0.0340. The molecule has 0 atom stereocenters. The second-order valence-electron chi connectivity index (χ2n) is 7.68. The van der Waals surface area contributed by atoms with Crippen LogP contribution in [-0.2, 0) is 17.8 Å². The molecule has 1 aliphatic carbocycles. The van der Waals surface area contributed by atoms with E-state index in [-0.39, 0.29) is 54.1 Å². The lowest BCUT2D eigenvalue weighted by Gasteiger charge is -2.07. The van der Waals surface area contributed by atoms with Crippen molar-refractivity contribution in [1.82, 2.24) is 9.78 Å². The third kappa shape index (κ3) is 4.32. The normalized spacial score (nSPS) is 12.9. The average molecular weight is 454 g/mol. The maximum absolute atomic E-state index is 14.1. The van der Waals surface area contributed by atoms with Crippen molar-refractivity contribution < 1.29 is 23.8 Å². The summed E-state index contributed by atoms with van der Waals surface area (Å²) in [5.41, 5.74) is 1.37. The van der Waals surface area contributed by atoms with Crippen molar-refractivity contribution in [3.8, 4) is 5.75 Å². The van der Waals surface area contributed by atoms with Gasteiger partial charge in [0.25, 0.3) is 5.56 Å². The largest absolute Gasteiger partial charge is 0.505 e. The van der Waals surface area contributed by atoms with Crippen molar-refractivity contribution in [2.24, 2.45) is 10.2 Å². The number of nitrogens with zero attached hydrogens (tertiary/aromatic N) is 3. The van der Waals surface area contributed by atoms with E-state index >= 15 is 0 Å². The summed E-state index contributed by atoms with van der Waals surface area (Å²) in [6, 6.07) is 6.86. The van der Waals surface area contributed by atoms with Gasteiger partial charge < -0.3 is 10.2 Å². The van der Waals surface area contributed by atoms with E-state index in [0.717, 1.165) is 12.1 Å². The van der Waals surface area contributed by atoms with Crippen LogP contribution in [0.25, 0.3) is 11.6 Å². The van der Waals surface area contributed by atoms with E-state index in [1.54, 1.807) is 19.1 Å². The first kappa shape index (κ1) is 22.1. The maximum Gasteiger partial charge on any atom is 0.303 e. The fourth-order valence-electron chi connectivity index (χ4n) is 3.77. The number of carboxylic acid groups (broad SMARTS) is 1. The third-order valence-electron chi connectivity index (χ3n) is 5.43. The molecular formula is C23H20F2N4O4. The monoisotopic (exact) mass is 454 g/mol. The van der Waals surface area contributed by atoms with Crippen LogP contribution in [0.1, 0.15) is 35.2 Å². The fraction of sp³-hybridized carbons (Fsp3) is 0.217. The van der Waals surface area contributed by atoms with Gasteiger partial charge in [0.05, 0.1) is 5.69 Å². The number of hydrogen-bond acceptors (Lipinski definition) is 5. The van der Waals surface area contributed by atoms with Crippen molar-refractivity contribution in [3.05, 3.63) is 74.7 Å². The number of aryl methyl sites for hydroxylation is 2. The molecule has 0 aliphatic heterocycles. The molecule has 33 heavy (non-hydrogen) atoms. The Balaban J connectivity index is 1.60. The Bertz CT molecular complexity index is 1370. The topological polar surface area (TPSA) is 120 Å². The number of benzene rings is 2. The van der Waals surface area contributed by atoms with Gasteiger partial charge in [-0.15, -0.1) is 10.2 Å². The Morgan fingerprint density at radius 3 is 2.67 bits per heavy atom. The van der Waals surface area contributed by atoms with Gasteiger partial charge in [0.15, 0.2) is 11.4 Å². The number of rotatable bonds is 7. The zero-order valence-electron chi connectivity index (χ0n) is 17.6. The quantitative estimate of drug-likeness (QED) is 0.442. The molecule has 0 spiro atoms. The molecule has 170 valence electrons. The number of phenols is 1. The second kappa shape index (κ2) is 8.81. The average Bonchev–Trinajstić information content (AvgIpc) is 3.33. The van der Waals surface area contributed by atoms with Gasteiger partial charge in [0.1, 0.15) is 17.3 Å². The summed E-state index contributed by atoms with van der Waals surface area (Å²) >= 11 is 0. The minimum atomic E-state index is -0.951. The number of aliphatic carboxylic acids is 1. The zero-order chi connectivity index (χ0) is 23.7. The molecule has 0 fully saturated rings. The molecule has 0 bridgehead atoms. The highest BCUT2D eigenvalue weighted by molar-refractivity contribution is 5.91. The van der Waals surface area contributed by atoms with E-state index in [4.69, 9.17) is 5.11 Å². The predicted octanol–water partition coefficient (Wildman–Crippen LogP) is 4.85. The molecule has 0 saturated heterocycles. The molecule has 2 aromatic carbocycles. The number of carbonyl (C=O) groups is 1. The summed E-state index contributed by atoms with van der Waals surface area (Å²) in [4.78, 5) is 23.2. The summed E-state index contributed by atoms with van der Waals surface area (Å²) in [7, 11) is 0. The van der Waals surface area contributed by atoms with E-state index < -0.39 is 23.2 Å². The Labute approximate surface area is 186 Å². The lowest BCUT2D eigenvalue weighted by atomic mass is 10.0. The number of H-pyrrole nitrogens is 1. The smallest absolute Gasteiger partial charge is 0.303 e. The highest BCUT2D eigenvalue weighted by Gasteiger charge is 2.23.